The van der Waals surface area contributed by atoms with Gasteiger partial charge in [-0.25, -0.2) is 4.39 Å². The lowest BCUT2D eigenvalue weighted by Gasteiger charge is -2.26. The van der Waals surface area contributed by atoms with Crippen LogP contribution in [-0.2, 0) is 4.79 Å². The zero-order valence-corrected chi connectivity index (χ0v) is 11.4. The molecule has 0 bridgehead atoms. The highest BCUT2D eigenvalue weighted by Crippen LogP contribution is 2.36. The first-order valence-electron chi connectivity index (χ1n) is 5.25. The van der Waals surface area contributed by atoms with Crippen LogP contribution >= 0.6 is 27.3 Å². The van der Waals surface area contributed by atoms with Crippen molar-refractivity contribution in [1.29, 1.82) is 0 Å². The number of halogens is 2. The molecule has 1 unspecified atom stereocenters. The van der Waals surface area contributed by atoms with Gasteiger partial charge in [-0.3, -0.25) is 4.79 Å². The highest BCUT2D eigenvalue weighted by Gasteiger charge is 2.28. The van der Waals surface area contributed by atoms with Gasteiger partial charge in [0.15, 0.2) is 0 Å². The molecule has 6 heteroatoms. The largest absolute Gasteiger partial charge is 0.368 e. The third-order valence-electron chi connectivity index (χ3n) is 2.71. The fraction of sp³-hybridized carbons (Fsp3) is 0.0833. The molecule has 2 heterocycles. The van der Waals surface area contributed by atoms with Crippen LogP contribution in [0.5, 0.6) is 0 Å². The Labute approximate surface area is 115 Å². The van der Waals surface area contributed by atoms with Gasteiger partial charge < -0.3 is 10.6 Å². The number of amides is 1. The molecule has 3 nitrogen and oxygen atoms in total. The van der Waals surface area contributed by atoms with Gasteiger partial charge in [-0.15, -0.1) is 11.3 Å². The Morgan fingerprint density at radius 2 is 2.17 bits per heavy atom. The second-order valence-electron chi connectivity index (χ2n) is 3.89. The minimum Gasteiger partial charge on any atom is -0.368 e. The van der Waals surface area contributed by atoms with Crippen molar-refractivity contribution in [2.24, 2.45) is 0 Å². The number of thiophene rings is 1. The monoisotopic (exact) mass is 326 g/mol. The molecule has 0 saturated heterocycles. The van der Waals surface area contributed by atoms with Crippen LogP contribution in [0.2, 0.25) is 0 Å². The van der Waals surface area contributed by atoms with Crippen molar-refractivity contribution >= 4 is 44.5 Å². The SMILES string of the molecule is O=C1Nc2cc(F)c(Br)cc2NC1c1cccs1. The van der Waals surface area contributed by atoms with Crippen LogP contribution in [0.4, 0.5) is 15.8 Å². The van der Waals surface area contributed by atoms with Crippen LogP contribution in [0.25, 0.3) is 0 Å². The summed E-state index contributed by atoms with van der Waals surface area (Å²) in [5.41, 5.74) is 1.18. The molecule has 1 aliphatic heterocycles. The highest BCUT2D eigenvalue weighted by atomic mass is 79.9. The molecule has 1 aromatic carbocycles. The van der Waals surface area contributed by atoms with Gasteiger partial charge in [0.05, 0.1) is 15.8 Å². The van der Waals surface area contributed by atoms with Crippen LogP contribution in [0.3, 0.4) is 0 Å². The molecule has 92 valence electrons. The van der Waals surface area contributed by atoms with E-state index in [0.717, 1.165) is 4.88 Å². The van der Waals surface area contributed by atoms with Crippen molar-refractivity contribution in [3.05, 3.63) is 44.8 Å². The second-order valence-corrected chi connectivity index (χ2v) is 5.73. The van der Waals surface area contributed by atoms with Gasteiger partial charge in [-0.1, -0.05) is 6.07 Å². The molecule has 3 rings (SSSR count). The molecule has 0 radical (unpaired) electrons. The van der Waals surface area contributed by atoms with Gasteiger partial charge in [-0.2, -0.15) is 0 Å². The predicted octanol–water partition coefficient (Wildman–Crippen LogP) is 3.76. The van der Waals surface area contributed by atoms with E-state index in [1.807, 2.05) is 17.5 Å². The summed E-state index contributed by atoms with van der Waals surface area (Å²) in [7, 11) is 0. The highest BCUT2D eigenvalue weighted by molar-refractivity contribution is 9.10. The van der Waals surface area contributed by atoms with E-state index in [-0.39, 0.29) is 5.91 Å². The number of carbonyl (C=O) groups excluding carboxylic acids is 1. The van der Waals surface area contributed by atoms with Crippen molar-refractivity contribution in [2.45, 2.75) is 6.04 Å². The van der Waals surface area contributed by atoms with E-state index in [1.165, 1.54) is 17.4 Å². The van der Waals surface area contributed by atoms with E-state index < -0.39 is 11.9 Å². The van der Waals surface area contributed by atoms with Gasteiger partial charge in [-0.05, 0) is 33.4 Å². The summed E-state index contributed by atoms with van der Waals surface area (Å²) in [5.74, 6) is -0.572. The molecule has 18 heavy (non-hydrogen) atoms. The molecule has 0 fully saturated rings. The molecular formula is C12H8BrFN2OS. The maximum Gasteiger partial charge on any atom is 0.252 e. The van der Waals surface area contributed by atoms with Gasteiger partial charge in [0.25, 0.3) is 5.91 Å². The van der Waals surface area contributed by atoms with Crippen LogP contribution in [0, 0.1) is 5.82 Å². The molecule has 1 aliphatic rings. The molecule has 0 spiro atoms. The zero-order chi connectivity index (χ0) is 12.7. The van der Waals surface area contributed by atoms with Crippen molar-refractivity contribution in [3.63, 3.8) is 0 Å². The molecule has 0 saturated carbocycles. The fourth-order valence-corrected chi connectivity index (χ4v) is 2.97. The summed E-state index contributed by atoms with van der Waals surface area (Å²) < 4.78 is 13.8. The van der Waals surface area contributed by atoms with Gasteiger partial charge >= 0.3 is 0 Å². The van der Waals surface area contributed by atoms with Crippen molar-refractivity contribution in [3.8, 4) is 0 Å². The average molecular weight is 327 g/mol. The quantitative estimate of drug-likeness (QED) is 0.837. The fourth-order valence-electron chi connectivity index (χ4n) is 1.85. The van der Waals surface area contributed by atoms with Crippen molar-refractivity contribution in [1.82, 2.24) is 0 Å². The summed E-state index contributed by atoms with van der Waals surface area (Å²) in [4.78, 5) is 12.9. The standard InChI is InChI=1S/C12H8BrFN2OS/c13-6-4-8-9(5-7(6)14)16-12(17)11(15-8)10-2-1-3-18-10/h1-5,11,15H,(H,16,17). The third-order valence-corrected chi connectivity index (χ3v) is 4.25. The first-order valence-corrected chi connectivity index (χ1v) is 6.92. The lowest BCUT2D eigenvalue weighted by atomic mass is 10.1. The van der Waals surface area contributed by atoms with E-state index in [4.69, 9.17) is 0 Å². The Balaban J connectivity index is 2.01. The van der Waals surface area contributed by atoms with Crippen LogP contribution in [0.1, 0.15) is 10.9 Å². The van der Waals surface area contributed by atoms with E-state index >= 15 is 0 Å². The number of benzene rings is 1. The molecule has 2 N–H and O–H groups in total. The zero-order valence-electron chi connectivity index (χ0n) is 9.04. The molecule has 1 aromatic heterocycles. The summed E-state index contributed by atoms with van der Waals surface area (Å²) in [6.45, 7) is 0. The predicted molar refractivity (Wildman–Crippen MR) is 73.4 cm³/mol. The number of hydrogen-bond acceptors (Lipinski definition) is 3. The number of carbonyl (C=O) groups is 1. The van der Waals surface area contributed by atoms with Gasteiger partial charge in [0, 0.05) is 10.9 Å². The van der Waals surface area contributed by atoms with Crippen molar-refractivity contribution < 1.29 is 9.18 Å². The Bertz CT molecular complexity index is 615. The third kappa shape index (κ3) is 1.91. The van der Waals surface area contributed by atoms with Crippen LogP contribution < -0.4 is 10.6 Å². The summed E-state index contributed by atoms with van der Waals surface area (Å²) in [6.07, 6.45) is 0. The number of hydrogen-bond donors (Lipinski definition) is 2. The number of anilines is 2. The Kier molecular flexibility index (Phi) is 2.83. The molecular weight excluding hydrogens is 319 g/mol. The smallest absolute Gasteiger partial charge is 0.252 e. The molecule has 2 aromatic rings. The lowest BCUT2D eigenvalue weighted by Crippen LogP contribution is -2.31. The molecule has 1 amide bonds. The maximum atomic E-state index is 13.4. The minimum atomic E-state index is -0.421. The van der Waals surface area contributed by atoms with Crippen LogP contribution in [0.15, 0.2) is 34.1 Å². The maximum absolute atomic E-state index is 13.4. The summed E-state index contributed by atoms with van der Waals surface area (Å²) in [6, 6.07) is 6.30. The lowest BCUT2D eigenvalue weighted by molar-refractivity contribution is -0.117. The number of rotatable bonds is 1. The Morgan fingerprint density at radius 1 is 1.33 bits per heavy atom. The first-order chi connectivity index (χ1) is 8.65. The Hall–Kier alpha value is -1.40. The summed E-state index contributed by atoms with van der Waals surface area (Å²) in [5, 5.41) is 7.75. The Morgan fingerprint density at radius 3 is 2.89 bits per heavy atom. The van der Waals surface area contributed by atoms with Crippen LogP contribution in [-0.4, -0.2) is 5.91 Å². The topological polar surface area (TPSA) is 41.1 Å². The van der Waals surface area contributed by atoms with Crippen molar-refractivity contribution in [2.75, 3.05) is 10.6 Å². The molecule has 0 aliphatic carbocycles. The average Bonchev–Trinajstić information content (AvgIpc) is 2.84. The normalized spacial score (nSPS) is 17.9. The van der Waals surface area contributed by atoms with E-state index in [2.05, 4.69) is 26.6 Å². The summed E-state index contributed by atoms with van der Waals surface area (Å²) >= 11 is 4.64. The second kappa shape index (κ2) is 4.37. The number of nitrogens with one attached hydrogen (secondary N) is 2. The minimum absolute atomic E-state index is 0.174. The van der Waals surface area contributed by atoms with E-state index in [1.54, 1.807) is 6.07 Å². The van der Waals surface area contributed by atoms with Gasteiger partial charge in [0.1, 0.15) is 11.9 Å². The van der Waals surface area contributed by atoms with E-state index in [0.29, 0.717) is 15.8 Å². The van der Waals surface area contributed by atoms with E-state index in [9.17, 15) is 9.18 Å². The number of fused-ring (bicyclic) bond motifs is 1. The molecule has 1 atom stereocenters. The first kappa shape index (κ1) is 11.7. The van der Waals surface area contributed by atoms with Gasteiger partial charge in [0.2, 0.25) is 0 Å².